The van der Waals surface area contributed by atoms with Gasteiger partial charge in [0.1, 0.15) is 6.23 Å². The van der Waals surface area contributed by atoms with Gasteiger partial charge in [-0.25, -0.2) is 0 Å². The van der Waals surface area contributed by atoms with Crippen molar-refractivity contribution in [2.24, 2.45) is 0 Å². The Morgan fingerprint density at radius 3 is 2.14 bits per heavy atom. The highest BCUT2D eigenvalue weighted by atomic mass is 35.5. The zero-order valence-corrected chi connectivity index (χ0v) is 22.2. The van der Waals surface area contributed by atoms with Gasteiger partial charge < -0.3 is 14.9 Å². The van der Waals surface area contributed by atoms with Crippen molar-refractivity contribution in [3.63, 3.8) is 0 Å². The summed E-state index contributed by atoms with van der Waals surface area (Å²) in [7, 11) is 3.50. The Bertz CT molecular complexity index is 1240. The lowest BCUT2D eigenvalue weighted by molar-refractivity contribution is -0.151. The zero-order chi connectivity index (χ0) is 26.3. The topological polar surface area (TPSA) is 73.2 Å². The number of rotatable bonds is 8. The average Bonchev–Trinajstić information content (AvgIpc) is 3.06. The van der Waals surface area contributed by atoms with Gasteiger partial charge in [-0.05, 0) is 69.4 Å². The molecule has 1 aliphatic heterocycles. The molecule has 1 aliphatic rings. The number of fused-ring (bicyclic) bond motifs is 1. The first-order valence-corrected chi connectivity index (χ1v) is 12.4. The molecule has 8 heteroatoms. The van der Waals surface area contributed by atoms with Gasteiger partial charge in [-0.1, -0.05) is 59.6 Å². The quantitative estimate of drug-likeness (QED) is 0.403. The van der Waals surface area contributed by atoms with E-state index in [1.807, 2.05) is 30.3 Å². The average molecular weight is 529 g/mol. The number of benzene rings is 3. The molecule has 0 aliphatic carbocycles. The number of ether oxygens (including phenoxy) is 1. The van der Waals surface area contributed by atoms with Crippen LogP contribution in [0.5, 0.6) is 0 Å². The van der Waals surface area contributed by atoms with Gasteiger partial charge >= 0.3 is 0 Å². The highest BCUT2D eigenvalue weighted by Gasteiger charge is 2.52. The first-order chi connectivity index (χ1) is 16.9. The normalized spacial score (nSPS) is 18.6. The molecular weight excluding hydrogens is 499 g/mol. The Balaban J connectivity index is 1.93. The Morgan fingerprint density at radius 1 is 1.00 bits per heavy atom. The molecule has 3 aromatic rings. The maximum absolute atomic E-state index is 14.0. The van der Waals surface area contributed by atoms with Gasteiger partial charge in [0, 0.05) is 33.3 Å². The minimum absolute atomic E-state index is 0.0628. The van der Waals surface area contributed by atoms with E-state index < -0.39 is 17.6 Å². The largest absolute Gasteiger partial charge is 0.386 e. The monoisotopic (exact) mass is 528 g/mol. The van der Waals surface area contributed by atoms with Crippen LogP contribution < -0.4 is 0 Å². The predicted octanol–water partition coefficient (Wildman–Crippen LogP) is 4.97. The zero-order valence-electron chi connectivity index (χ0n) is 20.7. The molecule has 1 unspecified atom stereocenters. The minimum Gasteiger partial charge on any atom is -0.386 e. The Hall–Kier alpha value is -2.45. The van der Waals surface area contributed by atoms with Crippen LogP contribution in [0.4, 0.5) is 0 Å². The van der Waals surface area contributed by atoms with Gasteiger partial charge in [0.2, 0.25) is 0 Å². The van der Waals surface area contributed by atoms with E-state index in [4.69, 9.17) is 27.9 Å². The van der Waals surface area contributed by atoms with Crippen molar-refractivity contribution < 1.29 is 19.7 Å². The molecule has 2 N–H and O–H groups in total. The molecule has 2 atom stereocenters. The summed E-state index contributed by atoms with van der Waals surface area (Å²) in [4.78, 5) is 17.3. The van der Waals surface area contributed by atoms with E-state index in [1.165, 1.54) is 0 Å². The smallest absolute Gasteiger partial charge is 0.257 e. The third-order valence-electron chi connectivity index (χ3n) is 6.47. The number of hydrogen-bond acceptors (Lipinski definition) is 5. The molecule has 0 spiro atoms. The molecule has 3 aromatic carbocycles. The molecule has 0 fully saturated rings. The lowest BCUT2D eigenvalue weighted by atomic mass is 9.89. The standard InChI is InChI=1S/C28H30Cl2N2O4/c1-27(2,35)20-9-14-24-23(15-20)26(34)32(16-18-5-10-21(29)11-6-18)28(24,36-17-25(33)31(3)4)19-7-12-22(30)13-8-19/h5-15,25,33,35H,16-17H2,1-4H3/t25?,28-/m1/s1. The number of aliphatic hydroxyl groups excluding tert-OH is 1. The van der Waals surface area contributed by atoms with E-state index in [2.05, 4.69) is 0 Å². The molecule has 0 bridgehead atoms. The summed E-state index contributed by atoms with van der Waals surface area (Å²) in [6.07, 6.45) is -0.902. The van der Waals surface area contributed by atoms with Crippen LogP contribution in [0, 0.1) is 0 Å². The molecule has 0 radical (unpaired) electrons. The first-order valence-electron chi connectivity index (χ1n) is 11.6. The van der Waals surface area contributed by atoms with Crippen LogP contribution in [-0.4, -0.2) is 52.9 Å². The summed E-state index contributed by atoms with van der Waals surface area (Å²) >= 11 is 12.3. The summed E-state index contributed by atoms with van der Waals surface area (Å²) in [6, 6.07) is 19.8. The molecule has 1 heterocycles. The molecule has 6 nitrogen and oxygen atoms in total. The summed E-state index contributed by atoms with van der Waals surface area (Å²) in [5.41, 5.74) is 0.741. The van der Waals surface area contributed by atoms with Crippen LogP contribution in [0.15, 0.2) is 66.7 Å². The van der Waals surface area contributed by atoms with Crippen molar-refractivity contribution in [2.45, 2.75) is 37.9 Å². The van der Waals surface area contributed by atoms with E-state index in [9.17, 15) is 15.0 Å². The van der Waals surface area contributed by atoms with Crippen molar-refractivity contribution in [2.75, 3.05) is 20.7 Å². The summed E-state index contributed by atoms with van der Waals surface area (Å²) in [5.74, 6) is -0.250. The Labute approximate surface area is 221 Å². The van der Waals surface area contributed by atoms with Crippen LogP contribution in [0.1, 0.15) is 46.5 Å². The van der Waals surface area contributed by atoms with Gasteiger partial charge in [0.05, 0.1) is 12.2 Å². The lowest BCUT2D eigenvalue weighted by Crippen LogP contribution is -2.48. The Kier molecular flexibility index (Phi) is 7.49. The number of likely N-dealkylation sites (N-methyl/N-ethyl adjacent to an activating group) is 1. The van der Waals surface area contributed by atoms with Gasteiger partial charge in [0.25, 0.3) is 5.91 Å². The Morgan fingerprint density at radius 2 is 1.58 bits per heavy atom. The van der Waals surface area contributed by atoms with Crippen LogP contribution in [0.3, 0.4) is 0 Å². The summed E-state index contributed by atoms with van der Waals surface area (Å²) in [5, 5.41) is 22.4. The third kappa shape index (κ3) is 5.02. The van der Waals surface area contributed by atoms with E-state index in [-0.39, 0.29) is 19.1 Å². The molecular formula is C28H30Cl2N2O4. The first kappa shape index (κ1) is 26.6. The highest BCUT2D eigenvalue weighted by Crippen LogP contribution is 2.47. The second-order valence-corrected chi connectivity index (χ2v) is 10.6. The molecule has 0 aromatic heterocycles. The van der Waals surface area contributed by atoms with Crippen molar-refractivity contribution >= 4 is 29.1 Å². The number of carbonyl (C=O) groups is 1. The number of hydrogen-bond donors (Lipinski definition) is 2. The minimum atomic E-state index is -1.34. The van der Waals surface area contributed by atoms with Crippen LogP contribution >= 0.6 is 23.2 Å². The molecule has 1 amide bonds. The highest BCUT2D eigenvalue weighted by molar-refractivity contribution is 6.30. The SMILES string of the molecule is CN(C)C(O)CO[C@]1(c2ccc(Cl)cc2)c2ccc(C(C)(C)O)cc2C(=O)N1Cc1ccc(Cl)cc1. The van der Waals surface area contributed by atoms with Gasteiger partial charge in [0.15, 0.2) is 5.72 Å². The second-order valence-electron chi connectivity index (χ2n) is 9.74. The second kappa shape index (κ2) is 10.1. The maximum Gasteiger partial charge on any atom is 0.257 e. The van der Waals surface area contributed by atoms with Gasteiger partial charge in [-0.2, -0.15) is 0 Å². The van der Waals surface area contributed by atoms with Crippen molar-refractivity contribution in [1.29, 1.82) is 0 Å². The fraction of sp³-hybridized carbons (Fsp3) is 0.321. The lowest BCUT2D eigenvalue weighted by Gasteiger charge is -2.40. The maximum atomic E-state index is 14.0. The molecule has 36 heavy (non-hydrogen) atoms. The van der Waals surface area contributed by atoms with Crippen molar-refractivity contribution in [3.05, 3.63) is 105 Å². The van der Waals surface area contributed by atoms with E-state index in [1.54, 1.807) is 74.1 Å². The summed E-state index contributed by atoms with van der Waals surface area (Å²) < 4.78 is 6.55. The van der Waals surface area contributed by atoms with Crippen molar-refractivity contribution in [3.8, 4) is 0 Å². The number of amides is 1. The number of aliphatic hydroxyl groups is 2. The van der Waals surface area contributed by atoms with Crippen LogP contribution in [-0.2, 0) is 22.6 Å². The fourth-order valence-corrected chi connectivity index (χ4v) is 4.61. The van der Waals surface area contributed by atoms with E-state index in [0.717, 1.165) is 5.56 Å². The van der Waals surface area contributed by atoms with Crippen molar-refractivity contribution in [1.82, 2.24) is 9.80 Å². The molecule has 190 valence electrons. The number of carbonyl (C=O) groups excluding carboxylic acids is 1. The third-order valence-corrected chi connectivity index (χ3v) is 6.98. The van der Waals surface area contributed by atoms with Gasteiger partial charge in [-0.15, -0.1) is 0 Å². The van der Waals surface area contributed by atoms with E-state index in [0.29, 0.717) is 32.3 Å². The molecule has 0 saturated carbocycles. The number of halogens is 2. The molecule has 0 saturated heterocycles. The fourth-order valence-electron chi connectivity index (χ4n) is 4.36. The van der Waals surface area contributed by atoms with Crippen LogP contribution in [0.2, 0.25) is 10.0 Å². The summed E-state index contributed by atoms with van der Waals surface area (Å²) in [6.45, 7) is 3.52. The predicted molar refractivity (Wildman–Crippen MR) is 141 cm³/mol. The van der Waals surface area contributed by atoms with E-state index >= 15 is 0 Å². The van der Waals surface area contributed by atoms with Gasteiger partial charge in [-0.3, -0.25) is 14.6 Å². The molecule has 4 rings (SSSR count). The van der Waals surface area contributed by atoms with Crippen LogP contribution in [0.25, 0.3) is 0 Å². The number of nitrogens with zero attached hydrogens (tertiary/aromatic N) is 2.